The molecule has 0 saturated carbocycles. The Labute approximate surface area is 193 Å². The Morgan fingerprint density at radius 3 is 1.73 bits per heavy atom. The Hall–Kier alpha value is -4.12. The molecule has 0 bridgehead atoms. The van der Waals surface area contributed by atoms with Gasteiger partial charge in [-0.1, -0.05) is 18.2 Å². The minimum Gasteiger partial charge on any atom is -0.508 e. The van der Waals surface area contributed by atoms with E-state index in [1.807, 2.05) is 69.0 Å². The lowest BCUT2D eigenvalue weighted by atomic mass is 10.1. The van der Waals surface area contributed by atoms with Crippen molar-refractivity contribution in [3.05, 3.63) is 95.1 Å². The van der Waals surface area contributed by atoms with Crippen LogP contribution in [0.3, 0.4) is 0 Å². The van der Waals surface area contributed by atoms with Gasteiger partial charge in [-0.15, -0.1) is 0 Å². The summed E-state index contributed by atoms with van der Waals surface area (Å²) < 4.78 is 6.18. The van der Waals surface area contributed by atoms with Crippen molar-refractivity contribution in [1.82, 2.24) is 0 Å². The second-order valence-electron chi connectivity index (χ2n) is 8.11. The van der Waals surface area contributed by atoms with Crippen molar-refractivity contribution in [3.63, 3.8) is 0 Å². The van der Waals surface area contributed by atoms with Gasteiger partial charge in [-0.2, -0.15) is 0 Å². The first-order chi connectivity index (χ1) is 15.8. The molecule has 0 amide bonds. The molecule has 0 heterocycles. The van der Waals surface area contributed by atoms with E-state index in [9.17, 15) is 15.3 Å². The third-order valence-electron chi connectivity index (χ3n) is 6.05. The van der Waals surface area contributed by atoms with Gasteiger partial charge in [0.2, 0.25) is 0 Å². The first-order valence-corrected chi connectivity index (χ1v) is 10.7. The highest BCUT2D eigenvalue weighted by Crippen LogP contribution is 2.43. The van der Waals surface area contributed by atoms with Gasteiger partial charge in [-0.25, -0.2) is 0 Å². The van der Waals surface area contributed by atoms with Crippen LogP contribution in [-0.2, 0) is 0 Å². The van der Waals surface area contributed by atoms with E-state index in [4.69, 9.17) is 4.74 Å². The highest BCUT2D eigenvalue weighted by molar-refractivity contribution is 5.82. The standard InChI is InChI=1S/C28H27NO4/c1-17-18(2)28(15-14-27(17)32)33-22-9-5-8-21(16-22)29(23-10-6-12-25(30)19(23)3)24-11-7-13-26(31)20(24)4/h5-16,30-32H,1-4H3. The van der Waals surface area contributed by atoms with Gasteiger partial charge >= 0.3 is 0 Å². The number of hydrogen-bond donors (Lipinski definition) is 3. The van der Waals surface area contributed by atoms with Crippen molar-refractivity contribution >= 4 is 17.1 Å². The van der Waals surface area contributed by atoms with E-state index in [2.05, 4.69) is 0 Å². The molecule has 33 heavy (non-hydrogen) atoms. The molecule has 0 atom stereocenters. The number of benzene rings is 4. The van der Waals surface area contributed by atoms with E-state index in [0.717, 1.165) is 39.3 Å². The van der Waals surface area contributed by atoms with Crippen molar-refractivity contribution in [3.8, 4) is 28.7 Å². The largest absolute Gasteiger partial charge is 0.508 e. The molecule has 0 aliphatic carbocycles. The fourth-order valence-corrected chi connectivity index (χ4v) is 3.82. The fraction of sp³-hybridized carbons (Fsp3) is 0.143. The Morgan fingerprint density at radius 1 is 0.576 bits per heavy atom. The molecule has 0 unspecified atom stereocenters. The molecule has 0 aliphatic heterocycles. The zero-order chi connectivity index (χ0) is 23.7. The maximum Gasteiger partial charge on any atom is 0.130 e. The van der Waals surface area contributed by atoms with Crippen LogP contribution in [0.1, 0.15) is 22.3 Å². The fourth-order valence-electron chi connectivity index (χ4n) is 3.82. The summed E-state index contributed by atoms with van der Waals surface area (Å²) in [4.78, 5) is 1.99. The SMILES string of the molecule is Cc1c(O)cccc1N(c1cccc(Oc2ccc(O)c(C)c2C)c1)c1cccc(O)c1C. The topological polar surface area (TPSA) is 73.2 Å². The molecule has 0 radical (unpaired) electrons. The normalized spacial score (nSPS) is 10.8. The first-order valence-electron chi connectivity index (χ1n) is 10.7. The number of rotatable bonds is 5. The lowest BCUT2D eigenvalue weighted by Gasteiger charge is -2.29. The van der Waals surface area contributed by atoms with E-state index in [-0.39, 0.29) is 17.2 Å². The molecular formula is C28H27NO4. The second kappa shape index (κ2) is 8.79. The molecular weight excluding hydrogens is 414 g/mol. The van der Waals surface area contributed by atoms with Gasteiger partial charge in [0.15, 0.2) is 0 Å². The molecule has 4 aromatic carbocycles. The molecule has 4 rings (SSSR count). The van der Waals surface area contributed by atoms with Gasteiger partial charge in [0.25, 0.3) is 0 Å². The van der Waals surface area contributed by atoms with Crippen molar-refractivity contribution in [2.75, 3.05) is 4.90 Å². The maximum absolute atomic E-state index is 10.4. The molecule has 0 saturated heterocycles. The second-order valence-corrected chi connectivity index (χ2v) is 8.11. The van der Waals surface area contributed by atoms with Gasteiger partial charge in [-0.3, -0.25) is 0 Å². The Kier molecular flexibility index (Phi) is 5.88. The molecule has 0 aliphatic rings. The molecule has 5 nitrogen and oxygen atoms in total. The van der Waals surface area contributed by atoms with Gasteiger partial charge in [-0.05, 0) is 87.4 Å². The zero-order valence-corrected chi connectivity index (χ0v) is 19.1. The monoisotopic (exact) mass is 441 g/mol. The molecule has 0 aromatic heterocycles. The summed E-state index contributed by atoms with van der Waals surface area (Å²) in [5, 5.41) is 30.7. The van der Waals surface area contributed by atoms with Gasteiger partial charge in [0, 0.05) is 22.9 Å². The number of hydrogen-bond acceptors (Lipinski definition) is 5. The summed E-state index contributed by atoms with van der Waals surface area (Å²) in [6, 6.07) is 21.8. The van der Waals surface area contributed by atoms with Crippen LogP contribution in [0, 0.1) is 27.7 Å². The quantitative estimate of drug-likeness (QED) is 0.303. The van der Waals surface area contributed by atoms with Crippen LogP contribution in [0.15, 0.2) is 72.8 Å². The lowest BCUT2D eigenvalue weighted by Crippen LogP contribution is -2.12. The van der Waals surface area contributed by atoms with Crippen molar-refractivity contribution in [2.45, 2.75) is 27.7 Å². The summed E-state index contributed by atoms with van der Waals surface area (Å²) >= 11 is 0. The summed E-state index contributed by atoms with van der Waals surface area (Å²) in [6.45, 7) is 7.48. The van der Waals surface area contributed by atoms with Crippen LogP contribution in [0.2, 0.25) is 0 Å². The molecule has 4 aromatic rings. The maximum atomic E-state index is 10.4. The Balaban J connectivity index is 1.84. The molecule has 168 valence electrons. The average molecular weight is 442 g/mol. The Bertz CT molecular complexity index is 1280. The van der Waals surface area contributed by atoms with Gasteiger partial charge < -0.3 is 25.0 Å². The van der Waals surface area contributed by atoms with E-state index in [1.165, 1.54) is 0 Å². The predicted molar refractivity (Wildman–Crippen MR) is 132 cm³/mol. The van der Waals surface area contributed by atoms with Crippen molar-refractivity contribution in [1.29, 1.82) is 0 Å². The van der Waals surface area contributed by atoms with Crippen LogP contribution < -0.4 is 9.64 Å². The number of aromatic hydroxyl groups is 3. The third kappa shape index (κ3) is 4.17. The van der Waals surface area contributed by atoms with Crippen LogP contribution in [0.5, 0.6) is 28.7 Å². The number of ether oxygens (including phenoxy) is 1. The van der Waals surface area contributed by atoms with Crippen LogP contribution in [-0.4, -0.2) is 15.3 Å². The van der Waals surface area contributed by atoms with Crippen molar-refractivity contribution < 1.29 is 20.1 Å². The number of phenolic OH excluding ortho intramolecular Hbond substituents is 3. The number of anilines is 3. The number of phenols is 3. The summed E-state index contributed by atoms with van der Waals surface area (Å²) in [5.74, 6) is 1.91. The Morgan fingerprint density at radius 2 is 1.12 bits per heavy atom. The van der Waals surface area contributed by atoms with Crippen LogP contribution in [0.4, 0.5) is 17.1 Å². The van der Waals surface area contributed by atoms with E-state index in [0.29, 0.717) is 11.5 Å². The molecule has 0 fully saturated rings. The minimum absolute atomic E-state index is 0.193. The van der Waals surface area contributed by atoms with E-state index >= 15 is 0 Å². The summed E-state index contributed by atoms with van der Waals surface area (Å²) in [5.41, 5.74) is 5.46. The van der Waals surface area contributed by atoms with Gasteiger partial charge in [0.05, 0.1) is 11.4 Å². The van der Waals surface area contributed by atoms with Crippen molar-refractivity contribution in [2.24, 2.45) is 0 Å². The summed E-state index contributed by atoms with van der Waals surface area (Å²) in [6.07, 6.45) is 0. The smallest absolute Gasteiger partial charge is 0.130 e. The van der Waals surface area contributed by atoms with Gasteiger partial charge in [0.1, 0.15) is 28.7 Å². The molecule has 3 N–H and O–H groups in total. The number of nitrogens with zero attached hydrogens (tertiary/aromatic N) is 1. The lowest BCUT2D eigenvalue weighted by molar-refractivity contribution is 0.457. The highest BCUT2D eigenvalue weighted by Gasteiger charge is 2.20. The van der Waals surface area contributed by atoms with Crippen LogP contribution >= 0.6 is 0 Å². The minimum atomic E-state index is 0.193. The van der Waals surface area contributed by atoms with E-state index in [1.54, 1.807) is 36.4 Å². The third-order valence-corrected chi connectivity index (χ3v) is 6.05. The average Bonchev–Trinajstić information content (AvgIpc) is 2.80. The zero-order valence-electron chi connectivity index (χ0n) is 19.1. The van der Waals surface area contributed by atoms with Crippen LogP contribution in [0.25, 0.3) is 0 Å². The first kappa shape index (κ1) is 22.1. The van der Waals surface area contributed by atoms with E-state index < -0.39 is 0 Å². The molecule has 5 heteroatoms. The summed E-state index contributed by atoms with van der Waals surface area (Å²) in [7, 11) is 0. The molecule has 0 spiro atoms. The predicted octanol–water partition coefficient (Wildman–Crippen LogP) is 7.30. The highest BCUT2D eigenvalue weighted by atomic mass is 16.5.